The van der Waals surface area contributed by atoms with E-state index in [4.69, 9.17) is 46.0 Å². The second kappa shape index (κ2) is 15.0. The number of hydrogen-bond acceptors (Lipinski definition) is 12. The molecule has 0 saturated heterocycles. The largest absolute Gasteiger partial charge is 0.356 e. The first-order chi connectivity index (χ1) is 17.1. The van der Waals surface area contributed by atoms with E-state index in [-0.39, 0.29) is 0 Å². The standard InChI is InChI=1S/C18H12N6.3NO3/c1-7-19-8-2-13(1)16-22-17(14-3-9-20-10-4-14)24-18(23-16)15-5-11-21-12-6-15;3*2-1(3)4/h1-12H;;;/q;3*-1/p+3. The third-order valence-electron chi connectivity index (χ3n) is 3.56. The number of H-pyrrole nitrogens is 3. The minimum absolute atomic E-state index is 0.643. The highest BCUT2D eigenvalue weighted by Crippen LogP contribution is 2.22. The molecule has 0 aromatic carbocycles. The molecule has 0 saturated carbocycles. The molecule has 18 nitrogen and oxygen atoms in total. The lowest BCUT2D eigenvalue weighted by Gasteiger charge is -2.06. The zero-order valence-corrected chi connectivity index (χ0v) is 17.8. The Bertz CT molecular complexity index is 1070. The highest BCUT2D eigenvalue weighted by atomic mass is 16.9. The van der Waals surface area contributed by atoms with Crippen LogP contribution < -0.4 is 15.0 Å². The molecule has 4 aromatic rings. The molecule has 0 amide bonds. The van der Waals surface area contributed by atoms with Gasteiger partial charge in [0, 0.05) is 53.1 Å². The molecule has 36 heavy (non-hydrogen) atoms. The Morgan fingerprint density at radius 2 is 0.611 bits per heavy atom. The van der Waals surface area contributed by atoms with Gasteiger partial charge in [0.15, 0.2) is 54.7 Å². The van der Waals surface area contributed by atoms with Crippen LogP contribution >= 0.6 is 0 Å². The smallest absolute Gasteiger partial charge is 0.167 e. The maximum Gasteiger partial charge on any atom is 0.167 e. The van der Waals surface area contributed by atoms with Crippen molar-refractivity contribution in [1.82, 2.24) is 15.0 Å². The predicted octanol–water partition coefficient (Wildman–Crippen LogP) is 0.598. The Balaban J connectivity index is 0.000000456. The maximum atomic E-state index is 8.25. The first kappa shape index (κ1) is 28.1. The van der Waals surface area contributed by atoms with E-state index in [0.29, 0.717) is 17.5 Å². The molecular weight excluding hydrogens is 486 g/mol. The fraction of sp³-hybridized carbons (Fsp3) is 0. The molecule has 0 unspecified atom stereocenters. The number of aromatic amines is 3. The number of rotatable bonds is 3. The van der Waals surface area contributed by atoms with Crippen molar-refractivity contribution in [2.45, 2.75) is 0 Å². The number of aromatic nitrogens is 6. The van der Waals surface area contributed by atoms with Gasteiger partial charge in [-0.2, -0.15) is 0 Å². The van der Waals surface area contributed by atoms with Crippen molar-refractivity contribution in [3.8, 4) is 34.2 Å². The van der Waals surface area contributed by atoms with Crippen LogP contribution in [-0.2, 0) is 0 Å². The average molecular weight is 501 g/mol. The van der Waals surface area contributed by atoms with Crippen LogP contribution in [0.3, 0.4) is 0 Å². The van der Waals surface area contributed by atoms with Crippen molar-refractivity contribution in [1.29, 1.82) is 0 Å². The van der Waals surface area contributed by atoms with E-state index in [9.17, 15) is 0 Å². The molecule has 0 aliphatic rings. The van der Waals surface area contributed by atoms with Gasteiger partial charge in [0.1, 0.15) is 0 Å². The Kier molecular flexibility index (Phi) is 11.7. The van der Waals surface area contributed by atoms with Crippen molar-refractivity contribution in [3.05, 3.63) is 120 Å². The van der Waals surface area contributed by atoms with Gasteiger partial charge in [0.25, 0.3) is 0 Å². The molecular formula is C18H15N9O9. The minimum Gasteiger partial charge on any atom is -0.356 e. The van der Waals surface area contributed by atoms with Gasteiger partial charge in [-0.05, 0) is 0 Å². The van der Waals surface area contributed by atoms with E-state index < -0.39 is 15.3 Å². The van der Waals surface area contributed by atoms with Crippen molar-refractivity contribution in [2.24, 2.45) is 0 Å². The molecule has 4 aromatic heterocycles. The molecule has 0 aliphatic carbocycles. The van der Waals surface area contributed by atoms with Crippen LogP contribution in [0.1, 0.15) is 0 Å². The van der Waals surface area contributed by atoms with Crippen LogP contribution in [0.4, 0.5) is 0 Å². The third-order valence-corrected chi connectivity index (χ3v) is 3.56. The van der Waals surface area contributed by atoms with Crippen LogP contribution in [0, 0.1) is 46.0 Å². The SMILES string of the molecule is O=[N+]([O-])[O-].O=[N+]([O-])[O-].O=[N+]([O-])[O-].c1cc(-c2nc(-c3cc[nH+]cc3)nc(-c3cc[nH+]cc3)n2)cc[nH+]1. The summed E-state index contributed by atoms with van der Waals surface area (Å²) >= 11 is 0. The highest BCUT2D eigenvalue weighted by Gasteiger charge is 2.13. The van der Waals surface area contributed by atoms with E-state index in [2.05, 4.69) is 29.9 Å². The molecule has 0 spiro atoms. The topological polar surface area (TPSA) is 280 Å². The van der Waals surface area contributed by atoms with Gasteiger partial charge in [-0.1, -0.05) is 0 Å². The summed E-state index contributed by atoms with van der Waals surface area (Å²) in [6.45, 7) is 0. The van der Waals surface area contributed by atoms with Crippen LogP contribution in [-0.4, -0.2) is 30.2 Å². The maximum absolute atomic E-state index is 8.25. The van der Waals surface area contributed by atoms with Gasteiger partial charge in [-0.25, -0.2) is 29.9 Å². The molecule has 4 rings (SSSR count). The van der Waals surface area contributed by atoms with Gasteiger partial charge in [0.2, 0.25) is 0 Å². The Hall–Kier alpha value is -5.94. The number of nitrogens with zero attached hydrogens (tertiary/aromatic N) is 6. The quantitative estimate of drug-likeness (QED) is 0.275. The van der Waals surface area contributed by atoms with E-state index in [1.165, 1.54) is 0 Å². The van der Waals surface area contributed by atoms with E-state index in [1.807, 2.05) is 73.6 Å². The van der Waals surface area contributed by atoms with Gasteiger partial charge >= 0.3 is 0 Å². The van der Waals surface area contributed by atoms with E-state index in [0.717, 1.165) is 16.7 Å². The van der Waals surface area contributed by atoms with Crippen molar-refractivity contribution in [2.75, 3.05) is 0 Å². The first-order valence-corrected chi connectivity index (χ1v) is 9.20. The zero-order valence-electron chi connectivity index (χ0n) is 17.8. The lowest BCUT2D eigenvalue weighted by Crippen LogP contribution is -2.04. The van der Waals surface area contributed by atoms with Crippen molar-refractivity contribution >= 4 is 0 Å². The summed E-state index contributed by atoms with van der Waals surface area (Å²) < 4.78 is 0. The first-order valence-electron chi connectivity index (χ1n) is 9.20. The Morgan fingerprint density at radius 3 is 0.778 bits per heavy atom. The average Bonchev–Trinajstić information content (AvgIpc) is 2.84. The zero-order chi connectivity index (χ0) is 26.9. The van der Waals surface area contributed by atoms with Crippen LogP contribution in [0.2, 0.25) is 0 Å². The lowest BCUT2D eigenvalue weighted by molar-refractivity contribution is -0.403. The van der Waals surface area contributed by atoms with Gasteiger partial charge in [-0.3, -0.25) is 0 Å². The summed E-state index contributed by atoms with van der Waals surface area (Å²) in [5.74, 6) is 1.93. The van der Waals surface area contributed by atoms with Gasteiger partial charge < -0.3 is 46.0 Å². The van der Waals surface area contributed by atoms with Gasteiger partial charge in [0.05, 0.1) is 15.3 Å². The van der Waals surface area contributed by atoms with E-state index in [1.54, 1.807) is 0 Å². The summed E-state index contributed by atoms with van der Waals surface area (Å²) in [5, 5.41) is 44.2. The summed E-state index contributed by atoms with van der Waals surface area (Å²) in [7, 11) is 0. The predicted molar refractivity (Wildman–Crippen MR) is 117 cm³/mol. The molecule has 0 atom stereocenters. The Labute approximate surface area is 199 Å². The van der Waals surface area contributed by atoms with Crippen molar-refractivity contribution < 1.29 is 30.2 Å². The fourth-order valence-corrected chi connectivity index (χ4v) is 2.37. The second-order valence-electron chi connectivity index (χ2n) is 5.84. The monoisotopic (exact) mass is 501 g/mol. The molecule has 18 heteroatoms. The molecule has 0 fully saturated rings. The molecule has 186 valence electrons. The van der Waals surface area contributed by atoms with Crippen LogP contribution in [0.15, 0.2) is 73.6 Å². The summed E-state index contributed by atoms with van der Waals surface area (Å²) in [4.78, 5) is 47.7. The molecule has 0 aliphatic heterocycles. The number of nitrogens with one attached hydrogen (secondary N) is 3. The normalized spacial score (nSPS) is 9.00. The second-order valence-corrected chi connectivity index (χ2v) is 5.84. The number of pyridine rings is 3. The molecule has 0 radical (unpaired) electrons. The van der Waals surface area contributed by atoms with Crippen LogP contribution in [0.5, 0.6) is 0 Å². The van der Waals surface area contributed by atoms with Gasteiger partial charge in [-0.15, -0.1) is 0 Å². The summed E-state index contributed by atoms with van der Waals surface area (Å²) in [6, 6.07) is 11.7. The highest BCUT2D eigenvalue weighted by molar-refractivity contribution is 5.65. The van der Waals surface area contributed by atoms with Crippen LogP contribution in [0.25, 0.3) is 34.2 Å². The van der Waals surface area contributed by atoms with E-state index >= 15 is 0 Å². The Morgan fingerprint density at radius 1 is 0.444 bits per heavy atom. The lowest BCUT2D eigenvalue weighted by atomic mass is 10.2. The fourth-order valence-electron chi connectivity index (χ4n) is 2.37. The minimum atomic E-state index is -1.75. The van der Waals surface area contributed by atoms with Crippen molar-refractivity contribution in [3.63, 3.8) is 0 Å². The molecule has 4 heterocycles. The number of hydrogen-bond donors (Lipinski definition) is 0. The summed E-state index contributed by atoms with van der Waals surface area (Å²) in [6.07, 6.45) is 11.1. The molecule has 3 N–H and O–H groups in total. The third kappa shape index (κ3) is 11.6. The molecule has 0 bridgehead atoms. The summed E-state index contributed by atoms with van der Waals surface area (Å²) in [5.41, 5.74) is 2.80.